The summed E-state index contributed by atoms with van der Waals surface area (Å²) in [5.74, 6) is 0. The maximum absolute atomic E-state index is 5.18. The zero-order chi connectivity index (χ0) is 27.9. The average molecular weight is 540 g/mol. The molecule has 3 heteroatoms. The van der Waals surface area contributed by atoms with Crippen LogP contribution in [0.3, 0.4) is 0 Å². The molecule has 0 N–H and O–H groups in total. The van der Waals surface area contributed by atoms with Crippen molar-refractivity contribution in [3.63, 3.8) is 0 Å². The maximum atomic E-state index is 5.18. The number of para-hydroxylation sites is 5. The molecule has 0 fully saturated rings. The lowest BCUT2D eigenvalue weighted by atomic mass is 9.94. The molecule has 5 aromatic carbocycles. The molecule has 200 valence electrons. The summed E-state index contributed by atoms with van der Waals surface area (Å²) in [5, 5.41) is 2.24. The van der Waals surface area contributed by atoms with E-state index in [0.29, 0.717) is 0 Å². The summed E-state index contributed by atoms with van der Waals surface area (Å²) >= 11 is 0. The van der Waals surface area contributed by atoms with Crippen molar-refractivity contribution in [2.45, 2.75) is 12.5 Å². The van der Waals surface area contributed by atoms with E-state index in [9.17, 15) is 0 Å². The third-order valence-corrected chi connectivity index (χ3v) is 8.26. The maximum Gasteiger partial charge on any atom is 0.0715 e. The first-order valence-electron chi connectivity index (χ1n) is 14.5. The van der Waals surface area contributed by atoms with Gasteiger partial charge in [-0.05, 0) is 60.0 Å². The van der Waals surface area contributed by atoms with Crippen molar-refractivity contribution in [1.82, 2.24) is 4.98 Å². The van der Waals surface area contributed by atoms with Crippen molar-refractivity contribution in [2.24, 2.45) is 0 Å². The second-order valence-electron chi connectivity index (χ2n) is 10.8. The molecule has 1 unspecified atom stereocenters. The predicted molar refractivity (Wildman–Crippen MR) is 175 cm³/mol. The molecule has 2 aliphatic rings. The zero-order valence-electron chi connectivity index (χ0n) is 23.1. The number of hydrogen-bond acceptors (Lipinski definition) is 3. The molecule has 1 aromatic heterocycles. The van der Waals surface area contributed by atoms with E-state index >= 15 is 0 Å². The van der Waals surface area contributed by atoms with Crippen LogP contribution >= 0.6 is 0 Å². The number of nitrogens with zero attached hydrogens (tertiary/aromatic N) is 3. The fourth-order valence-electron chi connectivity index (χ4n) is 6.38. The minimum Gasteiger partial charge on any atom is -0.331 e. The fraction of sp³-hybridized carbons (Fsp3) is 0.0513. The van der Waals surface area contributed by atoms with Gasteiger partial charge in [0.1, 0.15) is 0 Å². The van der Waals surface area contributed by atoms with Gasteiger partial charge in [-0.25, -0.2) is 4.98 Å². The topological polar surface area (TPSA) is 19.4 Å². The van der Waals surface area contributed by atoms with Crippen LogP contribution in [0.5, 0.6) is 0 Å². The van der Waals surface area contributed by atoms with Crippen LogP contribution < -0.4 is 20.4 Å². The molecule has 6 aromatic rings. The van der Waals surface area contributed by atoms with Crippen molar-refractivity contribution in [2.75, 3.05) is 9.80 Å². The molecule has 0 radical (unpaired) electrons. The number of aromatic nitrogens is 1. The lowest BCUT2D eigenvalue weighted by molar-refractivity contribution is 0.826. The minimum absolute atomic E-state index is 0.129. The molecule has 2 heterocycles. The third kappa shape index (κ3) is 4.10. The van der Waals surface area contributed by atoms with Gasteiger partial charge in [0, 0.05) is 16.5 Å². The highest BCUT2D eigenvalue weighted by Crippen LogP contribution is 2.52. The summed E-state index contributed by atoms with van der Waals surface area (Å²) in [6, 6.07) is 51.7. The van der Waals surface area contributed by atoms with E-state index in [2.05, 4.69) is 168 Å². The summed E-state index contributed by atoms with van der Waals surface area (Å²) in [6.07, 6.45) is 5.62. The first kappa shape index (κ1) is 24.4. The second kappa shape index (κ2) is 10.2. The SMILES string of the molecule is C1=c2nc(-c3ccccc3)cc(-c3ccccc3)c2=CC(N2c3ccccc3N(c3ccccc3)c3ccccc32)C1. The summed E-state index contributed by atoms with van der Waals surface area (Å²) < 4.78 is 0. The van der Waals surface area contributed by atoms with E-state index in [-0.39, 0.29) is 6.04 Å². The van der Waals surface area contributed by atoms with Gasteiger partial charge in [0.25, 0.3) is 0 Å². The number of fused-ring (bicyclic) bond motifs is 3. The van der Waals surface area contributed by atoms with Crippen LogP contribution in [-0.2, 0) is 0 Å². The van der Waals surface area contributed by atoms with Gasteiger partial charge in [-0.2, -0.15) is 0 Å². The molecule has 1 aliphatic carbocycles. The van der Waals surface area contributed by atoms with Crippen LogP contribution in [0, 0.1) is 0 Å². The van der Waals surface area contributed by atoms with Crippen LogP contribution in [-0.4, -0.2) is 11.0 Å². The quantitative estimate of drug-likeness (QED) is 0.224. The molecule has 0 amide bonds. The molecule has 0 saturated heterocycles. The summed E-state index contributed by atoms with van der Waals surface area (Å²) in [7, 11) is 0. The van der Waals surface area contributed by atoms with Crippen LogP contribution in [0.15, 0.2) is 146 Å². The highest BCUT2D eigenvalue weighted by atomic mass is 15.3. The molecule has 42 heavy (non-hydrogen) atoms. The molecule has 3 nitrogen and oxygen atoms in total. The Morgan fingerprint density at radius 1 is 0.548 bits per heavy atom. The predicted octanol–water partition coefficient (Wildman–Crippen LogP) is 8.37. The standard InChI is InChI=1S/C39H29N3/c1-4-14-28(15-5-1)32-27-35(29-16-6-2-7-17-29)40-34-25-24-31(26-33(32)34)42-38-22-12-10-20-36(38)41(30-18-8-3-9-19-30)37-21-11-13-23-39(37)42/h1-23,25-27,31H,24H2. The van der Waals surface area contributed by atoms with Gasteiger partial charge >= 0.3 is 0 Å². The zero-order valence-corrected chi connectivity index (χ0v) is 23.1. The fourth-order valence-corrected chi connectivity index (χ4v) is 6.38. The summed E-state index contributed by atoms with van der Waals surface area (Å²) in [5.41, 5.74) is 10.5. The number of anilines is 5. The lowest BCUT2D eigenvalue weighted by Crippen LogP contribution is -2.42. The van der Waals surface area contributed by atoms with Crippen molar-refractivity contribution < 1.29 is 0 Å². The van der Waals surface area contributed by atoms with E-state index in [1.807, 2.05) is 0 Å². The van der Waals surface area contributed by atoms with Crippen LogP contribution in [0.4, 0.5) is 28.4 Å². The van der Waals surface area contributed by atoms with E-state index in [4.69, 9.17) is 4.98 Å². The molecule has 8 rings (SSSR count). The lowest BCUT2D eigenvalue weighted by Gasteiger charge is -2.43. The molecule has 0 bridgehead atoms. The molecule has 1 aliphatic heterocycles. The van der Waals surface area contributed by atoms with Gasteiger partial charge in [-0.3, -0.25) is 0 Å². The smallest absolute Gasteiger partial charge is 0.0715 e. The Kier molecular flexibility index (Phi) is 5.93. The Balaban J connectivity index is 1.33. The van der Waals surface area contributed by atoms with Gasteiger partial charge in [0.2, 0.25) is 0 Å². The van der Waals surface area contributed by atoms with Crippen molar-refractivity contribution in [3.8, 4) is 22.4 Å². The van der Waals surface area contributed by atoms with Crippen molar-refractivity contribution >= 4 is 40.6 Å². The average Bonchev–Trinajstić information content (AvgIpc) is 3.07. The van der Waals surface area contributed by atoms with Crippen LogP contribution in [0.1, 0.15) is 6.42 Å². The van der Waals surface area contributed by atoms with Gasteiger partial charge in [0.05, 0.1) is 39.8 Å². The molecule has 1 atom stereocenters. The molecular weight excluding hydrogens is 510 g/mol. The Hall–Kier alpha value is -5.41. The van der Waals surface area contributed by atoms with Crippen LogP contribution in [0.25, 0.3) is 34.5 Å². The first-order valence-corrected chi connectivity index (χ1v) is 14.5. The first-order chi connectivity index (χ1) is 20.8. The Labute approximate surface area is 246 Å². The molecular formula is C39H29N3. The van der Waals surface area contributed by atoms with E-state index in [0.717, 1.165) is 28.7 Å². The Morgan fingerprint density at radius 3 is 1.69 bits per heavy atom. The third-order valence-electron chi connectivity index (χ3n) is 8.26. The van der Waals surface area contributed by atoms with E-state index in [1.54, 1.807) is 0 Å². The van der Waals surface area contributed by atoms with Gasteiger partial charge in [-0.15, -0.1) is 0 Å². The molecule has 0 spiro atoms. The van der Waals surface area contributed by atoms with Crippen molar-refractivity contribution in [3.05, 3.63) is 156 Å². The summed E-state index contributed by atoms with van der Waals surface area (Å²) in [6.45, 7) is 0. The number of pyridine rings is 1. The number of benzene rings is 5. The largest absolute Gasteiger partial charge is 0.331 e. The normalized spacial score (nSPS) is 15.1. The Bertz CT molecular complexity index is 1970. The highest BCUT2D eigenvalue weighted by Gasteiger charge is 2.32. The molecule has 0 saturated carbocycles. The van der Waals surface area contributed by atoms with E-state index in [1.165, 1.54) is 39.1 Å². The van der Waals surface area contributed by atoms with Gasteiger partial charge < -0.3 is 9.80 Å². The number of hydrogen-bond donors (Lipinski definition) is 0. The Morgan fingerprint density at radius 2 is 1.07 bits per heavy atom. The highest BCUT2D eigenvalue weighted by molar-refractivity contribution is 5.98. The van der Waals surface area contributed by atoms with Gasteiger partial charge in [-0.1, -0.05) is 115 Å². The second-order valence-corrected chi connectivity index (χ2v) is 10.8. The van der Waals surface area contributed by atoms with Crippen LogP contribution in [0.2, 0.25) is 0 Å². The van der Waals surface area contributed by atoms with Gasteiger partial charge in [0.15, 0.2) is 0 Å². The minimum atomic E-state index is 0.129. The monoisotopic (exact) mass is 539 g/mol. The van der Waals surface area contributed by atoms with E-state index < -0.39 is 0 Å². The number of rotatable bonds is 4. The summed E-state index contributed by atoms with van der Waals surface area (Å²) in [4.78, 5) is 10.1. The van der Waals surface area contributed by atoms with Crippen molar-refractivity contribution in [1.29, 1.82) is 0 Å².